The van der Waals surface area contributed by atoms with Crippen molar-refractivity contribution in [3.05, 3.63) is 53.9 Å². The van der Waals surface area contributed by atoms with E-state index < -0.39 is 0 Å². The quantitative estimate of drug-likeness (QED) is 0.740. The van der Waals surface area contributed by atoms with Gasteiger partial charge in [0.2, 0.25) is 5.91 Å². The van der Waals surface area contributed by atoms with Crippen molar-refractivity contribution in [2.45, 2.75) is 25.8 Å². The van der Waals surface area contributed by atoms with Gasteiger partial charge in [-0.05, 0) is 36.8 Å². The minimum Gasteiger partial charge on any atom is -0.486 e. The Kier molecular flexibility index (Phi) is 4.48. The highest BCUT2D eigenvalue weighted by atomic mass is 16.6. The summed E-state index contributed by atoms with van der Waals surface area (Å²) in [5, 5.41) is 3.03. The third-order valence-corrected chi connectivity index (χ3v) is 4.47. The number of nitrogens with zero attached hydrogens (tertiary/aromatic N) is 1. The summed E-state index contributed by atoms with van der Waals surface area (Å²) in [6, 6.07) is 13.5. The second-order valence-electron chi connectivity index (χ2n) is 6.39. The molecule has 0 aliphatic carbocycles. The Hall–Kier alpha value is -3.02. The Balaban J connectivity index is 1.35. The van der Waals surface area contributed by atoms with Gasteiger partial charge in [-0.2, -0.15) is 0 Å². The second kappa shape index (κ2) is 7.07. The maximum Gasteiger partial charge on any atom is 0.220 e. The number of carbonyl (C=O) groups is 1. The average molecular weight is 351 g/mol. The Bertz CT molecular complexity index is 902. The molecule has 134 valence electrons. The van der Waals surface area contributed by atoms with E-state index in [1.807, 2.05) is 49.4 Å². The Labute approximate surface area is 151 Å². The van der Waals surface area contributed by atoms with Gasteiger partial charge in [-0.1, -0.05) is 18.2 Å². The molecule has 0 saturated heterocycles. The molecule has 1 aliphatic heterocycles. The van der Waals surface area contributed by atoms with E-state index in [4.69, 9.17) is 9.47 Å². The zero-order valence-corrected chi connectivity index (χ0v) is 14.6. The third kappa shape index (κ3) is 3.49. The van der Waals surface area contributed by atoms with Crippen molar-refractivity contribution in [1.82, 2.24) is 15.3 Å². The van der Waals surface area contributed by atoms with Crippen LogP contribution in [0.25, 0.3) is 11.0 Å². The van der Waals surface area contributed by atoms with Crippen LogP contribution in [0.4, 0.5) is 0 Å². The average Bonchev–Trinajstić information content (AvgIpc) is 3.09. The summed E-state index contributed by atoms with van der Waals surface area (Å²) < 4.78 is 11.1. The fourth-order valence-electron chi connectivity index (χ4n) is 3.08. The first-order valence-corrected chi connectivity index (χ1v) is 8.81. The number of carbonyl (C=O) groups excluding carboxylic acids is 1. The lowest BCUT2D eigenvalue weighted by Gasteiger charge is -2.21. The SMILES string of the molecule is CC(NC(=O)CCc1nc2ccccc2[nH]1)c1ccc2c(c1)OCCO2. The number of H-pyrrole nitrogens is 1. The molecule has 1 aromatic heterocycles. The number of hydrogen-bond donors (Lipinski definition) is 2. The van der Waals surface area contributed by atoms with Crippen molar-refractivity contribution in [2.75, 3.05) is 13.2 Å². The van der Waals surface area contributed by atoms with E-state index in [0.717, 1.165) is 33.9 Å². The van der Waals surface area contributed by atoms with Gasteiger partial charge in [0.25, 0.3) is 0 Å². The monoisotopic (exact) mass is 351 g/mol. The van der Waals surface area contributed by atoms with Crippen LogP contribution in [0.1, 0.15) is 30.8 Å². The van der Waals surface area contributed by atoms with Crippen LogP contribution in [0, 0.1) is 0 Å². The summed E-state index contributed by atoms with van der Waals surface area (Å²) in [7, 11) is 0. The third-order valence-electron chi connectivity index (χ3n) is 4.47. The number of benzene rings is 2. The van der Waals surface area contributed by atoms with Gasteiger partial charge in [0.15, 0.2) is 11.5 Å². The number of aromatic amines is 1. The van der Waals surface area contributed by atoms with E-state index in [0.29, 0.717) is 26.1 Å². The lowest BCUT2D eigenvalue weighted by atomic mass is 10.1. The summed E-state index contributed by atoms with van der Waals surface area (Å²) in [6.45, 7) is 3.08. The summed E-state index contributed by atoms with van der Waals surface area (Å²) in [6.07, 6.45) is 0.961. The predicted octanol–water partition coefficient (Wildman–Crippen LogP) is 3.14. The largest absolute Gasteiger partial charge is 0.486 e. The van der Waals surface area contributed by atoms with Gasteiger partial charge in [-0.15, -0.1) is 0 Å². The van der Waals surface area contributed by atoms with Gasteiger partial charge < -0.3 is 19.8 Å². The molecule has 1 amide bonds. The molecule has 6 heteroatoms. The first kappa shape index (κ1) is 16.4. The molecule has 1 aliphatic rings. The standard InChI is InChI=1S/C20H21N3O3/c1-13(14-6-7-17-18(12-14)26-11-10-25-17)21-20(24)9-8-19-22-15-4-2-3-5-16(15)23-19/h2-7,12-13H,8-11H2,1H3,(H,21,24)(H,22,23). The van der Waals surface area contributed by atoms with E-state index in [2.05, 4.69) is 15.3 Å². The highest BCUT2D eigenvalue weighted by molar-refractivity contribution is 5.77. The number of ether oxygens (including phenoxy) is 2. The molecule has 6 nitrogen and oxygen atoms in total. The minimum atomic E-state index is -0.103. The Morgan fingerprint density at radius 2 is 2.00 bits per heavy atom. The maximum atomic E-state index is 12.3. The van der Waals surface area contributed by atoms with Crippen molar-refractivity contribution in [3.63, 3.8) is 0 Å². The van der Waals surface area contributed by atoms with Gasteiger partial charge >= 0.3 is 0 Å². The number of rotatable bonds is 5. The Morgan fingerprint density at radius 1 is 1.19 bits per heavy atom. The minimum absolute atomic E-state index is 0.00662. The van der Waals surface area contributed by atoms with Gasteiger partial charge in [0.05, 0.1) is 17.1 Å². The van der Waals surface area contributed by atoms with Gasteiger partial charge in [0, 0.05) is 12.8 Å². The fourth-order valence-corrected chi connectivity index (χ4v) is 3.08. The molecule has 1 atom stereocenters. The number of para-hydroxylation sites is 2. The van der Waals surface area contributed by atoms with Crippen LogP contribution in [-0.4, -0.2) is 29.1 Å². The maximum absolute atomic E-state index is 12.3. The molecule has 0 saturated carbocycles. The molecule has 0 fully saturated rings. The van der Waals surface area contributed by atoms with Crippen molar-refractivity contribution in [1.29, 1.82) is 0 Å². The molecule has 4 rings (SSSR count). The van der Waals surface area contributed by atoms with Crippen LogP contribution < -0.4 is 14.8 Å². The highest BCUT2D eigenvalue weighted by Crippen LogP contribution is 2.32. The van der Waals surface area contributed by atoms with Crippen molar-refractivity contribution in [2.24, 2.45) is 0 Å². The number of amides is 1. The molecule has 1 unspecified atom stereocenters. The van der Waals surface area contributed by atoms with Crippen LogP contribution in [0.2, 0.25) is 0 Å². The highest BCUT2D eigenvalue weighted by Gasteiger charge is 2.16. The summed E-state index contributed by atoms with van der Waals surface area (Å²) in [4.78, 5) is 20.0. The Morgan fingerprint density at radius 3 is 2.85 bits per heavy atom. The summed E-state index contributed by atoms with van der Waals surface area (Å²) >= 11 is 0. The van der Waals surface area contributed by atoms with Crippen LogP contribution in [0.15, 0.2) is 42.5 Å². The topological polar surface area (TPSA) is 76.2 Å². The van der Waals surface area contributed by atoms with Crippen molar-refractivity contribution < 1.29 is 14.3 Å². The van der Waals surface area contributed by atoms with Crippen LogP contribution in [0.3, 0.4) is 0 Å². The number of aryl methyl sites for hydroxylation is 1. The van der Waals surface area contributed by atoms with Crippen LogP contribution >= 0.6 is 0 Å². The van der Waals surface area contributed by atoms with E-state index in [1.54, 1.807) is 0 Å². The second-order valence-corrected chi connectivity index (χ2v) is 6.39. The molecule has 2 aromatic carbocycles. The molecule has 0 radical (unpaired) electrons. The molecular formula is C20H21N3O3. The first-order chi connectivity index (χ1) is 12.7. The lowest BCUT2D eigenvalue weighted by molar-refractivity contribution is -0.121. The van der Waals surface area contributed by atoms with E-state index in [9.17, 15) is 4.79 Å². The summed E-state index contributed by atoms with van der Waals surface area (Å²) in [5.74, 6) is 2.31. The molecular weight excluding hydrogens is 330 g/mol. The van der Waals surface area contributed by atoms with Gasteiger partial charge in [-0.3, -0.25) is 4.79 Å². The van der Waals surface area contributed by atoms with Crippen molar-refractivity contribution >= 4 is 16.9 Å². The van der Waals surface area contributed by atoms with Gasteiger partial charge in [0.1, 0.15) is 19.0 Å². The smallest absolute Gasteiger partial charge is 0.220 e. The van der Waals surface area contributed by atoms with E-state index >= 15 is 0 Å². The number of fused-ring (bicyclic) bond motifs is 2. The van der Waals surface area contributed by atoms with E-state index in [1.165, 1.54) is 0 Å². The number of imidazole rings is 1. The van der Waals surface area contributed by atoms with Crippen LogP contribution in [0.5, 0.6) is 11.5 Å². The van der Waals surface area contributed by atoms with Crippen molar-refractivity contribution in [3.8, 4) is 11.5 Å². The first-order valence-electron chi connectivity index (χ1n) is 8.81. The lowest BCUT2D eigenvalue weighted by Crippen LogP contribution is -2.27. The fraction of sp³-hybridized carbons (Fsp3) is 0.300. The number of hydrogen-bond acceptors (Lipinski definition) is 4. The predicted molar refractivity (Wildman–Crippen MR) is 98.4 cm³/mol. The molecule has 2 heterocycles. The normalized spacial score (nSPS) is 14.2. The zero-order chi connectivity index (χ0) is 17.9. The molecule has 26 heavy (non-hydrogen) atoms. The summed E-state index contributed by atoms with van der Waals surface area (Å²) in [5.41, 5.74) is 2.91. The number of aromatic nitrogens is 2. The van der Waals surface area contributed by atoms with Gasteiger partial charge in [-0.25, -0.2) is 4.98 Å². The zero-order valence-electron chi connectivity index (χ0n) is 14.6. The molecule has 3 aromatic rings. The molecule has 0 spiro atoms. The number of nitrogens with one attached hydrogen (secondary N) is 2. The van der Waals surface area contributed by atoms with Crippen LogP contribution in [-0.2, 0) is 11.2 Å². The van der Waals surface area contributed by atoms with E-state index in [-0.39, 0.29) is 11.9 Å². The molecule has 0 bridgehead atoms. The molecule has 2 N–H and O–H groups in total.